The third-order valence-corrected chi connectivity index (χ3v) is 6.56. The van der Waals surface area contributed by atoms with Crippen LogP contribution in [-0.2, 0) is 6.18 Å². The molecule has 2 amide bonds. The van der Waals surface area contributed by atoms with Gasteiger partial charge in [-0.2, -0.15) is 13.2 Å². The van der Waals surface area contributed by atoms with Crippen LogP contribution in [0.2, 0.25) is 0 Å². The van der Waals surface area contributed by atoms with Crippen molar-refractivity contribution in [1.29, 1.82) is 0 Å². The highest BCUT2D eigenvalue weighted by Gasteiger charge is 2.31. The summed E-state index contributed by atoms with van der Waals surface area (Å²) < 4.78 is 46.1. The van der Waals surface area contributed by atoms with E-state index in [4.69, 9.17) is 9.72 Å². The first-order valence-electron chi connectivity index (χ1n) is 13.1. The van der Waals surface area contributed by atoms with Gasteiger partial charge in [0.1, 0.15) is 11.6 Å². The number of fused-ring (bicyclic) bond motifs is 1. The second-order valence-electron chi connectivity index (χ2n) is 9.73. The molecule has 0 saturated carbocycles. The molecule has 4 rings (SSSR count). The van der Waals surface area contributed by atoms with E-state index in [9.17, 15) is 22.8 Å². The molecule has 0 aliphatic carbocycles. The van der Waals surface area contributed by atoms with Crippen molar-refractivity contribution in [2.75, 3.05) is 39.1 Å². The monoisotopic (exact) mass is 567 g/mol. The average Bonchev–Trinajstić information content (AvgIpc) is 2.93. The van der Waals surface area contributed by atoms with Gasteiger partial charge in [-0.15, -0.1) is 0 Å². The lowest BCUT2D eigenvalue weighted by Crippen LogP contribution is -2.43. The van der Waals surface area contributed by atoms with Crippen molar-refractivity contribution in [3.8, 4) is 11.4 Å². The molecule has 1 heterocycles. The van der Waals surface area contributed by atoms with E-state index in [-0.39, 0.29) is 17.8 Å². The zero-order valence-electron chi connectivity index (χ0n) is 23.3. The van der Waals surface area contributed by atoms with E-state index in [1.807, 2.05) is 25.9 Å². The van der Waals surface area contributed by atoms with Crippen LogP contribution in [0.4, 0.5) is 23.7 Å². The van der Waals surface area contributed by atoms with Gasteiger partial charge in [-0.3, -0.25) is 9.36 Å². The number of halogens is 3. The van der Waals surface area contributed by atoms with Crippen LogP contribution >= 0.6 is 0 Å². The van der Waals surface area contributed by atoms with Gasteiger partial charge < -0.3 is 19.9 Å². The van der Waals surface area contributed by atoms with E-state index in [0.717, 1.165) is 12.1 Å². The van der Waals surface area contributed by atoms with E-state index < -0.39 is 23.8 Å². The fraction of sp³-hybridized carbons (Fsp3) is 0.300. The topological polar surface area (TPSA) is 79.7 Å². The number of hydrogen-bond acceptors (Lipinski definition) is 5. The third kappa shape index (κ3) is 6.86. The minimum atomic E-state index is -4.49. The molecule has 8 nitrogen and oxygen atoms in total. The third-order valence-electron chi connectivity index (χ3n) is 6.56. The van der Waals surface area contributed by atoms with Crippen LogP contribution in [0.3, 0.4) is 0 Å². The molecule has 1 N–H and O–H groups in total. The summed E-state index contributed by atoms with van der Waals surface area (Å²) in [4.78, 5) is 35.6. The van der Waals surface area contributed by atoms with Crippen LogP contribution in [-0.4, -0.2) is 59.2 Å². The van der Waals surface area contributed by atoms with Crippen molar-refractivity contribution in [2.24, 2.45) is 0 Å². The van der Waals surface area contributed by atoms with Crippen molar-refractivity contribution in [1.82, 2.24) is 19.4 Å². The second-order valence-corrected chi connectivity index (χ2v) is 9.73. The second kappa shape index (κ2) is 12.4. The molecule has 0 radical (unpaired) electrons. The summed E-state index contributed by atoms with van der Waals surface area (Å²) in [5.41, 5.74) is 0.136. The van der Waals surface area contributed by atoms with Gasteiger partial charge in [0.05, 0.1) is 34.8 Å². The number of carbonyl (C=O) groups is 1. The molecule has 4 aromatic rings. The Hall–Kier alpha value is -4.38. The van der Waals surface area contributed by atoms with Crippen molar-refractivity contribution in [3.63, 3.8) is 0 Å². The lowest BCUT2D eigenvalue weighted by molar-refractivity contribution is -0.137. The van der Waals surface area contributed by atoms with Gasteiger partial charge in [0.2, 0.25) is 0 Å². The standard InChI is InChI=1S/C30H32F3N5O3/c1-5-41-24-16-14-23(15-17-24)38-27(35-26-9-7-6-8-25(26)28(38)39)20(2)37(19-18-36(3)4)29(40)34-22-12-10-21(11-13-22)30(31,32)33/h6-17,20H,5,18-19H2,1-4H3,(H,34,40). The molecule has 0 bridgehead atoms. The Morgan fingerprint density at radius 2 is 1.66 bits per heavy atom. The van der Waals surface area contributed by atoms with Crippen molar-refractivity contribution in [2.45, 2.75) is 26.1 Å². The number of ether oxygens (including phenoxy) is 1. The minimum absolute atomic E-state index is 0.209. The average molecular weight is 568 g/mol. The van der Waals surface area contributed by atoms with Crippen molar-refractivity contribution < 1.29 is 22.7 Å². The van der Waals surface area contributed by atoms with Gasteiger partial charge in [-0.05, 0) is 88.6 Å². The fourth-order valence-corrected chi connectivity index (χ4v) is 4.39. The maximum Gasteiger partial charge on any atom is 0.416 e. The van der Waals surface area contributed by atoms with Gasteiger partial charge in [0, 0.05) is 18.8 Å². The van der Waals surface area contributed by atoms with Crippen molar-refractivity contribution in [3.05, 3.63) is 94.5 Å². The number of nitrogens with zero attached hydrogens (tertiary/aromatic N) is 4. The number of rotatable bonds is 9. The predicted molar refractivity (Wildman–Crippen MR) is 153 cm³/mol. The smallest absolute Gasteiger partial charge is 0.416 e. The van der Waals surface area contributed by atoms with Gasteiger partial charge in [-0.1, -0.05) is 12.1 Å². The van der Waals surface area contributed by atoms with Gasteiger partial charge >= 0.3 is 12.2 Å². The van der Waals surface area contributed by atoms with Crippen LogP contribution in [0.1, 0.15) is 31.3 Å². The number of amides is 2. The molecule has 11 heteroatoms. The quantitative estimate of drug-likeness (QED) is 0.270. The van der Waals surface area contributed by atoms with Gasteiger partial charge in [0.25, 0.3) is 5.56 Å². The largest absolute Gasteiger partial charge is 0.494 e. The van der Waals surface area contributed by atoms with E-state index in [0.29, 0.717) is 41.3 Å². The molecule has 3 aromatic carbocycles. The molecular weight excluding hydrogens is 535 g/mol. The maximum atomic E-state index is 13.8. The highest BCUT2D eigenvalue weighted by Crippen LogP contribution is 2.30. The molecule has 0 aliphatic rings. The van der Waals surface area contributed by atoms with E-state index in [2.05, 4.69) is 5.32 Å². The summed E-state index contributed by atoms with van der Waals surface area (Å²) >= 11 is 0. The van der Waals surface area contributed by atoms with Crippen LogP contribution < -0.4 is 15.6 Å². The number of para-hydroxylation sites is 1. The molecule has 0 saturated heterocycles. The Balaban J connectivity index is 1.77. The molecular formula is C30H32F3N5O3. The highest BCUT2D eigenvalue weighted by molar-refractivity contribution is 5.89. The Labute approximate surface area is 236 Å². The summed E-state index contributed by atoms with van der Waals surface area (Å²) in [6, 6.07) is 17.0. The number of urea groups is 1. The van der Waals surface area contributed by atoms with E-state index >= 15 is 0 Å². The molecule has 1 aromatic heterocycles. The Morgan fingerprint density at radius 1 is 1.00 bits per heavy atom. The predicted octanol–water partition coefficient (Wildman–Crippen LogP) is 5.96. The van der Waals surface area contributed by atoms with Crippen LogP contribution in [0.25, 0.3) is 16.6 Å². The normalized spacial score (nSPS) is 12.4. The molecule has 0 aliphatic heterocycles. The first kappa shape index (κ1) is 29.6. The fourth-order valence-electron chi connectivity index (χ4n) is 4.39. The number of aromatic nitrogens is 2. The Bertz CT molecular complexity index is 1550. The molecule has 1 atom stereocenters. The lowest BCUT2D eigenvalue weighted by atomic mass is 10.1. The first-order chi connectivity index (χ1) is 19.5. The summed E-state index contributed by atoms with van der Waals surface area (Å²) in [5.74, 6) is 0.982. The first-order valence-corrected chi connectivity index (χ1v) is 13.1. The number of alkyl halides is 3. The number of anilines is 1. The molecule has 41 heavy (non-hydrogen) atoms. The molecule has 0 fully saturated rings. The summed E-state index contributed by atoms with van der Waals surface area (Å²) in [7, 11) is 3.72. The Morgan fingerprint density at radius 3 is 2.27 bits per heavy atom. The van der Waals surface area contributed by atoms with Crippen LogP contribution in [0.15, 0.2) is 77.6 Å². The van der Waals surface area contributed by atoms with Crippen LogP contribution in [0.5, 0.6) is 5.75 Å². The van der Waals surface area contributed by atoms with Gasteiger partial charge in [0.15, 0.2) is 0 Å². The summed E-state index contributed by atoms with van der Waals surface area (Å²) in [6.45, 7) is 4.89. The highest BCUT2D eigenvalue weighted by atomic mass is 19.4. The maximum absolute atomic E-state index is 13.8. The Kier molecular flexibility index (Phi) is 8.97. The lowest BCUT2D eigenvalue weighted by Gasteiger charge is -2.31. The number of hydrogen-bond donors (Lipinski definition) is 1. The van der Waals surface area contributed by atoms with Gasteiger partial charge in [-0.25, -0.2) is 9.78 Å². The zero-order chi connectivity index (χ0) is 29.7. The summed E-state index contributed by atoms with van der Waals surface area (Å²) in [5, 5.41) is 3.12. The number of nitrogens with one attached hydrogen (secondary N) is 1. The van der Waals surface area contributed by atoms with Crippen LogP contribution in [0, 0.1) is 0 Å². The zero-order valence-corrected chi connectivity index (χ0v) is 23.3. The number of benzene rings is 3. The van der Waals surface area contributed by atoms with E-state index in [1.54, 1.807) is 55.5 Å². The molecule has 216 valence electrons. The number of likely N-dealkylation sites (N-methyl/N-ethyl adjacent to an activating group) is 1. The SMILES string of the molecule is CCOc1ccc(-n2c(C(C)N(CCN(C)C)C(=O)Nc3ccc(C(F)(F)F)cc3)nc3ccccc3c2=O)cc1. The van der Waals surface area contributed by atoms with E-state index in [1.165, 1.54) is 21.6 Å². The molecule has 1 unspecified atom stereocenters. The summed E-state index contributed by atoms with van der Waals surface area (Å²) in [6.07, 6.45) is -4.49. The molecule has 0 spiro atoms. The minimum Gasteiger partial charge on any atom is -0.494 e. The number of carbonyl (C=O) groups excluding carboxylic acids is 1. The van der Waals surface area contributed by atoms with Crippen molar-refractivity contribution >= 4 is 22.6 Å².